The molecule has 1 N–H and O–H groups in total. The molecule has 2 aromatic carbocycles. The molecule has 0 spiro atoms. The first-order valence-corrected chi connectivity index (χ1v) is 6.40. The molecule has 3 nitrogen and oxygen atoms in total. The van der Waals surface area contributed by atoms with Crippen molar-refractivity contribution in [2.75, 3.05) is 19.5 Å². The summed E-state index contributed by atoms with van der Waals surface area (Å²) >= 11 is 5.82. The van der Waals surface area contributed by atoms with Crippen molar-refractivity contribution in [1.82, 2.24) is 0 Å². The first-order chi connectivity index (χ1) is 9.60. The minimum Gasteiger partial charge on any atom is -0.497 e. The third-order valence-corrected chi connectivity index (χ3v) is 2.99. The molecular weight excluding hydrogens is 281 g/mol. The average molecular weight is 296 g/mol. The third-order valence-electron chi connectivity index (χ3n) is 2.77. The Balaban J connectivity index is 2.13. The summed E-state index contributed by atoms with van der Waals surface area (Å²) in [4.78, 5) is 0. The zero-order valence-electron chi connectivity index (χ0n) is 11.2. The highest BCUT2D eigenvalue weighted by Gasteiger charge is 2.03. The lowest BCUT2D eigenvalue weighted by molar-refractivity contribution is 0.394. The molecule has 5 heteroatoms. The molecule has 0 amide bonds. The summed E-state index contributed by atoms with van der Waals surface area (Å²) in [6.07, 6.45) is 0. The fourth-order valence-corrected chi connectivity index (χ4v) is 2.07. The zero-order valence-corrected chi connectivity index (χ0v) is 12.0. The first-order valence-electron chi connectivity index (χ1n) is 6.02. The van der Waals surface area contributed by atoms with Gasteiger partial charge in [0.05, 0.1) is 14.2 Å². The van der Waals surface area contributed by atoms with Gasteiger partial charge >= 0.3 is 0 Å². The van der Waals surface area contributed by atoms with Crippen LogP contribution in [-0.4, -0.2) is 14.2 Å². The Morgan fingerprint density at radius 3 is 2.20 bits per heavy atom. The van der Waals surface area contributed by atoms with Gasteiger partial charge in [-0.1, -0.05) is 11.6 Å². The summed E-state index contributed by atoms with van der Waals surface area (Å²) in [6, 6.07) is 9.89. The van der Waals surface area contributed by atoms with Crippen molar-refractivity contribution >= 4 is 17.3 Å². The molecule has 0 heterocycles. The lowest BCUT2D eigenvalue weighted by Gasteiger charge is -2.11. The molecule has 0 saturated heterocycles. The highest BCUT2D eigenvalue weighted by atomic mass is 35.5. The van der Waals surface area contributed by atoms with E-state index in [4.69, 9.17) is 21.1 Å². The van der Waals surface area contributed by atoms with Crippen molar-refractivity contribution in [1.29, 1.82) is 0 Å². The van der Waals surface area contributed by atoms with Crippen molar-refractivity contribution in [2.45, 2.75) is 6.54 Å². The summed E-state index contributed by atoms with van der Waals surface area (Å²) in [5.41, 5.74) is 1.58. The molecule has 0 aromatic heterocycles. The van der Waals surface area contributed by atoms with Crippen LogP contribution in [-0.2, 0) is 6.54 Å². The zero-order chi connectivity index (χ0) is 14.5. The van der Waals surface area contributed by atoms with Crippen LogP contribution in [0.5, 0.6) is 11.5 Å². The minimum atomic E-state index is -0.350. The molecule has 2 rings (SSSR count). The second-order valence-corrected chi connectivity index (χ2v) is 4.67. The summed E-state index contributed by atoms with van der Waals surface area (Å²) in [7, 11) is 3.18. The van der Waals surface area contributed by atoms with Crippen LogP contribution < -0.4 is 14.8 Å². The lowest BCUT2D eigenvalue weighted by Crippen LogP contribution is -2.01. The molecule has 0 fully saturated rings. The largest absolute Gasteiger partial charge is 0.497 e. The lowest BCUT2D eigenvalue weighted by atomic mass is 10.2. The summed E-state index contributed by atoms with van der Waals surface area (Å²) in [5, 5.41) is 3.56. The Kier molecular flexibility index (Phi) is 4.69. The van der Waals surface area contributed by atoms with E-state index in [-0.39, 0.29) is 5.82 Å². The number of methoxy groups -OCH3 is 2. The van der Waals surface area contributed by atoms with Gasteiger partial charge < -0.3 is 14.8 Å². The van der Waals surface area contributed by atoms with E-state index in [1.54, 1.807) is 26.4 Å². The molecule has 0 bridgehead atoms. The Bertz CT molecular complexity index is 562. The quantitative estimate of drug-likeness (QED) is 0.900. The van der Waals surface area contributed by atoms with Crippen molar-refractivity contribution in [3.8, 4) is 11.5 Å². The molecule has 2 aromatic rings. The Morgan fingerprint density at radius 1 is 1.00 bits per heavy atom. The predicted molar refractivity (Wildman–Crippen MR) is 78.3 cm³/mol. The normalized spacial score (nSPS) is 10.2. The fourth-order valence-electron chi connectivity index (χ4n) is 1.83. The number of hydrogen-bond acceptors (Lipinski definition) is 3. The van der Waals surface area contributed by atoms with Crippen molar-refractivity contribution in [3.63, 3.8) is 0 Å². The number of halogens is 2. The van der Waals surface area contributed by atoms with E-state index >= 15 is 0 Å². The van der Waals surface area contributed by atoms with E-state index in [2.05, 4.69) is 5.32 Å². The molecule has 106 valence electrons. The Hall–Kier alpha value is -1.94. The van der Waals surface area contributed by atoms with Crippen LogP contribution in [0, 0.1) is 5.82 Å². The number of rotatable bonds is 5. The maximum atomic E-state index is 13.2. The number of hydrogen-bond donors (Lipinski definition) is 1. The van der Waals surface area contributed by atoms with E-state index in [1.165, 1.54) is 12.1 Å². The highest BCUT2D eigenvalue weighted by molar-refractivity contribution is 6.30. The average Bonchev–Trinajstić information content (AvgIpc) is 2.43. The first kappa shape index (κ1) is 14.5. The topological polar surface area (TPSA) is 30.5 Å². The second-order valence-electron chi connectivity index (χ2n) is 4.23. The van der Waals surface area contributed by atoms with Crippen LogP contribution >= 0.6 is 11.6 Å². The van der Waals surface area contributed by atoms with Gasteiger partial charge in [0.15, 0.2) is 0 Å². The number of ether oxygens (including phenoxy) is 2. The van der Waals surface area contributed by atoms with Gasteiger partial charge in [-0.25, -0.2) is 4.39 Å². The van der Waals surface area contributed by atoms with Gasteiger partial charge in [0.25, 0.3) is 0 Å². The monoisotopic (exact) mass is 295 g/mol. The van der Waals surface area contributed by atoms with Gasteiger partial charge in [0, 0.05) is 35.5 Å². The molecule has 0 aliphatic rings. The van der Waals surface area contributed by atoms with E-state index in [9.17, 15) is 4.39 Å². The predicted octanol–water partition coefficient (Wildman–Crippen LogP) is 4.11. The number of benzene rings is 2. The van der Waals surface area contributed by atoms with Gasteiger partial charge in [-0.15, -0.1) is 0 Å². The van der Waals surface area contributed by atoms with Gasteiger partial charge in [-0.2, -0.15) is 0 Å². The Labute approximate surface area is 122 Å². The summed E-state index contributed by atoms with van der Waals surface area (Å²) in [5.74, 6) is 1.02. The van der Waals surface area contributed by atoms with Gasteiger partial charge in [-0.05, 0) is 23.8 Å². The van der Waals surface area contributed by atoms with Gasteiger partial charge in [-0.3, -0.25) is 0 Å². The molecule has 0 atom stereocenters. The second kappa shape index (κ2) is 6.48. The van der Waals surface area contributed by atoms with Gasteiger partial charge in [0.2, 0.25) is 0 Å². The maximum Gasteiger partial charge on any atom is 0.125 e. The summed E-state index contributed by atoms with van der Waals surface area (Å²) in [6.45, 7) is 0.452. The standard InChI is InChI=1S/C15H15ClFNO2/c1-19-14-6-13(7-15(8-14)20-2)18-9-10-3-11(16)5-12(17)4-10/h3-8,18H,9H2,1-2H3. The van der Waals surface area contributed by atoms with Crippen LogP contribution in [0.4, 0.5) is 10.1 Å². The molecule has 0 radical (unpaired) electrons. The smallest absolute Gasteiger partial charge is 0.125 e. The van der Waals surface area contributed by atoms with Crippen molar-refractivity contribution in [2.24, 2.45) is 0 Å². The van der Waals surface area contributed by atoms with E-state index in [0.29, 0.717) is 23.1 Å². The van der Waals surface area contributed by atoms with Crippen LogP contribution in [0.1, 0.15) is 5.56 Å². The molecule has 0 aliphatic heterocycles. The highest BCUT2D eigenvalue weighted by Crippen LogP contribution is 2.26. The van der Waals surface area contributed by atoms with E-state index in [0.717, 1.165) is 11.3 Å². The SMILES string of the molecule is COc1cc(NCc2cc(F)cc(Cl)c2)cc(OC)c1. The third kappa shape index (κ3) is 3.78. The molecule has 0 aliphatic carbocycles. The van der Waals surface area contributed by atoms with Gasteiger partial charge in [0.1, 0.15) is 17.3 Å². The number of anilines is 1. The summed E-state index contributed by atoms with van der Waals surface area (Å²) < 4.78 is 23.6. The van der Waals surface area contributed by atoms with Crippen molar-refractivity contribution < 1.29 is 13.9 Å². The van der Waals surface area contributed by atoms with Crippen LogP contribution in [0.15, 0.2) is 36.4 Å². The Morgan fingerprint density at radius 2 is 1.65 bits per heavy atom. The van der Waals surface area contributed by atoms with Crippen LogP contribution in [0.2, 0.25) is 5.02 Å². The maximum absolute atomic E-state index is 13.2. The molecule has 0 saturated carbocycles. The number of nitrogens with one attached hydrogen (secondary N) is 1. The molecular formula is C15H15ClFNO2. The molecule has 20 heavy (non-hydrogen) atoms. The molecule has 0 unspecified atom stereocenters. The van der Waals surface area contributed by atoms with Crippen LogP contribution in [0.3, 0.4) is 0 Å². The minimum absolute atomic E-state index is 0.350. The van der Waals surface area contributed by atoms with E-state index in [1.807, 2.05) is 12.1 Å². The van der Waals surface area contributed by atoms with Crippen LogP contribution in [0.25, 0.3) is 0 Å². The van der Waals surface area contributed by atoms with Crippen molar-refractivity contribution in [3.05, 3.63) is 52.8 Å². The van der Waals surface area contributed by atoms with E-state index < -0.39 is 0 Å². The fraction of sp³-hybridized carbons (Fsp3) is 0.200.